The summed E-state index contributed by atoms with van der Waals surface area (Å²) in [5.41, 5.74) is 0.963. The second-order valence-corrected chi connectivity index (χ2v) is 3.67. The molecule has 2 rings (SSSR count). The van der Waals surface area contributed by atoms with Crippen molar-refractivity contribution in [2.45, 2.75) is 25.9 Å². The van der Waals surface area contributed by atoms with Gasteiger partial charge in [0.2, 0.25) is 0 Å². The molecule has 0 saturated carbocycles. The van der Waals surface area contributed by atoms with Crippen LogP contribution in [0.5, 0.6) is 5.75 Å². The zero-order valence-corrected chi connectivity index (χ0v) is 8.93. The van der Waals surface area contributed by atoms with Crippen LogP contribution in [0.2, 0.25) is 0 Å². The van der Waals surface area contributed by atoms with Crippen LogP contribution >= 0.6 is 0 Å². The Morgan fingerprint density at radius 1 is 1.44 bits per heavy atom. The topological polar surface area (TPSA) is 52.6 Å². The van der Waals surface area contributed by atoms with Crippen molar-refractivity contribution in [3.63, 3.8) is 0 Å². The van der Waals surface area contributed by atoms with E-state index in [2.05, 4.69) is 0 Å². The smallest absolute Gasteiger partial charge is 0.352 e. The van der Waals surface area contributed by atoms with Gasteiger partial charge in [0.15, 0.2) is 6.10 Å². The van der Waals surface area contributed by atoms with Gasteiger partial charge in [-0.2, -0.15) is 0 Å². The van der Waals surface area contributed by atoms with Crippen LogP contribution in [0.1, 0.15) is 18.9 Å². The van der Waals surface area contributed by atoms with E-state index in [4.69, 9.17) is 9.47 Å². The molecule has 84 valence electrons. The summed E-state index contributed by atoms with van der Waals surface area (Å²) in [7, 11) is 0. The van der Waals surface area contributed by atoms with Gasteiger partial charge in [-0.3, -0.25) is 4.79 Å². The first kappa shape index (κ1) is 10.7. The number of ether oxygens (including phenoxy) is 2. The third kappa shape index (κ3) is 2.21. The molecule has 1 aliphatic rings. The largest absolute Gasteiger partial charge is 0.450 e. The fourth-order valence-corrected chi connectivity index (χ4v) is 1.70. The zero-order chi connectivity index (χ0) is 11.5. The van der Waals surface area contributed by atoms with Gasteiger partial charge in [-0.15, -0.1) is 0 Å². The van der Waals surface area contributed by atoms with Gasteiger partial charge in [0, 0.05) is 6.92 Å². The molecule has 1 aliphatic heterocycles. The highest BCUT2D eigenvalue weighted by molar-refractivity contribution is 5.81. The van der Waals surface area contributed by atoms with E-state index in [0.717, 1.165) is 5.56 Å². The average Bonchev–Trinajstić information content (AvgIpc) is 2.39. The number of para-hydroxylation sites is 1. The Morgan fingerprint density at radius 3 is 2.94 bits per heavy atom. The van der Waals surface area contributed by atoms with Crippen LogP contribution in [0.3, 0.4) is 0 Å². The van der Waals surface area contributed by atoms with Crippen LogP contribution in [0.4, 0.5) is 0 Å². The van der Waals surface area contributed by atoms with Crippen LogP contribution in [0.15, 0.2) is 24.3 Å². The molecule has 0 unspecified atom stereocenters. The second-order valence-electron chi connectivity index (χ2n) is 3.67. The summed E-state index contributed by atoms with van der Waals surface area (Å²) in [4.78, 5) is 22.4. The Bertz CT molecular complexity index is 425. The summed E-state index contributed by atoms with van der Waals surface area (Å²) in [6, 6.07) is 7.33. The molecule has 4 nitrogen and oxygen atoms in total. The zero-order valence-electron chi connectivity index (χ0n) is 8.93. The first-order valence-corrected chi connectivity index (χ1v) is 5.13. The molecule has 1 aromatic carbocycles. The predicted octanol–water partition coefficient (Wildman–Crippen LogP) is 1.47. The molecular weight excluding hydrogens is 208 g/mol. The molecule has 0 N–H and O–H groups in total. The van der Waals surface area contributed by atoms with Crippen molar-refractivity contribution in [1.29, 1.82) is 0 Å². The highest BCUT2D eigenvalue weighted by Crippen LogP contribution is 2.25. The van der Waals surface area contributed by atoms with E-state index >= 15 is 0 Å². The summed E-state index contributed by atoms with van der Waals surface area (Å²) < 4.78 is 10.1. The Kier molecular flexibility index (Phi) is 2.90. The van der Waals surface area contributed by atoms with Crippen LogP contribution in [-0.2, 0) is 20.7 Å². The van der Waals surface area contributed by atoms with Gasteiger partial charge in [0.05, 0.1) is 0 Å². The first-order chi connectivity index (χ1) is 7.66. The highest BCUT2D eigenvalue weighted by atomic mass is 16.6. The lowest BCUT2D eigenvalue weighted by Crippen LogP contribution is -2.29. The number of esters is 2. The Labute approximate surface area is 93.2 Å². The predicted molar refractivity (Wildman–Crippen MR) is 56.0 cm³/mol. The number of fused-ring (bicyclic) bond motifs is 1. The summed E-state index contributed by atoms with van der Waals surface area (Å²) in [5, 5.41) is 0. The second kappa shape index (κ2) is 4.35. The third-order valence-electron chi connectivity index (χ3n) is 2.43. The van der Waals surface area contributed by atoms with E-state index in [1.807, 2.05) is 12.1 Å². The number of aryl methyl sites for hydroxylation is 1. The minimum absolute atomic E-state index is 0.465. The number of hydrogen-bond donors (Lipinski definition) is 0. The van der Waals surface area contributed by atoms with Crippen molar-refractivity contribution >= 4 is 11.9 Å². The van der Waals surface area contributed by atoms with Crippen LogP contribution < -0.4 is 4.74 Å². The minimum Gasteiger partial charge on any atom is -0.450 e. The summed E-state index contributed by atoms with van der Waals surface area (Å²) in [6.45, 7) is 1.28. The minimum atomic E-state index is -0.787. The van der Waals surface area contributed by atoms with Crippen molar-refractivity contribution in [3.05, 3.63) is 29.8 Å². The standard InChI is InChI=1S/C12H12O4/c1-8(13)15-11-7-6-9-4-2-3-5-10(9)16-12(11)14/h2-5,11H,6-7H2,1H3/t11-/m1/s1. The molecule has 0 spiro atoms. The molecule has 1 atom stereocenters. The Hall–Kier alpha value is -1.84. The van der Waals surface area contributed by atoms with Crippen molar-refractivity contribution in [3.8, 4) is 5.75 Å². The molecule has 0 bridgehead atoms. The molecule has 0 saturated heterocycles. The first-order valence-electron chi connectivity index (χ1n) is 5.13. The van der Waals surface area contributed by atoms with Gasteiger partial charge >= 0.3 is 11.9 Å². The van der Waals surface area contributed by atoms with E-state index in [1.165, 1.54) is 6.92 Å². The fourth-order valence-electron chi connectivity index (χ4n) is 1.70. The van der Waals surface area contributed by atoms with Crippen molar-refractivity contribution in [2.75, 3.05) is 0 Å². The Morgan fingerprint density at radius 2 is 2.19 bits per heavy atom. The Balaban J connectivity index is 2.18. The quantitative estimate of drug-likeness (QED) is 0.531. The molecule has 0 aliphatic carbocycles. The van der Waals surface area contributed by atoms with E-state index < -0.39 is 18.0 Å². The molecule has 4 heteroatoms. The van der Waals surface area contributed by atoms with Gasteiger partial charge in [0.1, 0.15) is 5.75 Å². The molecule has 0 aromatic heterocycles. The van der Waals surface area contributed by atoms with Crippen molar-refractivity contribution < 1.29 is 19.1 Å². The fraction of sp³-hybridized carbons (Fsp3) is 0.333. The molecule has 1 aromatic rings. The monoisotopic (exact) mass is 220 g/mol. The summed E-state index contributed by atoms with van der Waals surface area (Å²) in [6.07, 6.45) is 0.347. The third-order valence-corrected chi connectivity index (χ3v) is 2.43. The summed E-state index contributed by atoms with van der Waals surface area (Å²) in [5.74, 6) is -0.407. The SMILES string of the molecule is CC(=O)O[C@@H]1CCc2ccccc2OC1=O. The van der Waals surface area contributed by atoms with Gasteiger partial charge < -0.3 is 9.47 Å². The number of carbonyl (C=O) groups excluding carboxylic acids is 2. The maximum atomic E-state index is 11.6. The lowest BCUT2D eigenvalue weighted by molar-refractivity contribution is -0.160. The molecule has 0 fully saturated rings. The summed E-state index contributed by atoms with van der Waals surface area (Å²) >= 11 is 0. The van der Waals surface area contributed by atoms with Gasteiger partial charge in [-0.25, -0.2) is 4.79 Å². The number of rotatable bonds is 1. The van der Waals surface area contributed by atoms with Crippen molar-refractivity contribution in [1.82, 2.24) is 0 Å². The molecule has 1 heterocycles. The lowest BCUT2D eigenvalue weighted by Gasteiger charge is -2.11. The molecule has 0 amide bonds. The number of hydrogen-bond acceptors (Lipinski definition) is 4. The van der Waals surface area contributed by atoms with E-state index in [1.54, 1.807) is 12.1 Å². The number of benzene rings is 1. The van der Waals surface area contributed by atoms with Crippen LogP contribution in [0.25, 0.3) is 0 Å². The normalized spacial score (nSPS) is 19.3. The van der Waals surface area contributed by atoms with Gasteiger partial charge in [-0.1, -0.05) is 18.2 Å². The van der Waals surface area contributed by atoms with Gasteiger partial charge in [0.25, 0.3) is 0 Å². The molecular formula is C12H12O4. The van der Waals surface area contributed by atoms with E-state index in [9.17, 15) is 9.59 Å². The highest BCUT2D eigenvalue weighted by Gasteiger charge is 2.27. The van der Waals surface area contributed by atoms with Crippen molar-refractivity contribution in [2.24, 2.45) is 0 Å². The van der Waals surface area contributed by atoms with Gasteiger partial charge in [-0.05, 0) is 24.5 Å². The molecule has 16 heavy (non-hydrogen) atoms. The van der Waals surface area contributed by atoms with E-state index in [-0.39, 0.29) is 0 Å². The van der Waals surface area contributed by atoms with Crippen LogP contribution in [-0.4, -0.2) is 18.0 Å². The van der Waals surface area contributed by atoms with E-state index in [0.29, 0.717) is 18.6 Å². The maximum Gasteiger partial charge on any atom is 0.352 e. The number of carbonyl (C=O) groups is 2. The maximum absolute atomic E-state index is 11.6. The average molecular weight is 220 g/mol. The van der Waals surface area contributed by atoms with Crippen LogP contribution in [0, 0.1) is 0 Å². The molecule has 0 radical (unpaired) electrons. The lowest BCUT2D eigenvalue weighted by atomic mass is 10.1.